The summed E-state index contributed by atoms with van der Waals surface area (Å²) in [5.41, 5.74) is 2.61. The molecule has 0 radical (unpaired) electrons. The van der Waals surface area contributed by atoms with Crippen LogP contribution in [-0.4, -0.2) is 16.4 Å². The Labute approximate surface area is 78.7 Å². The van der Waals surface area contributed by atoms with Crippen molar-refractivity contribution in [2.24, 2.45) is 0 Å². The van der Waals surface area contributed by atoms with Gasteiger partial charge in [0.1, 0.15) is 6.73 Å². The average molecular weight is 180 g/mol. The maximum absolute atomic E-state index is 5.32. The van der Waals surface area contributed by atoms with Crippen LogP contribution in [0.3, 0.4) is 0 Å². The molecule has 0 amide bonds. The quantitative estimate of drug-likeness (QED) is 0.607. The molecule has 0 saturated carbocycles. The molecule has 3 nitrogen and oxygen atoms in total. The average Bonchev–Trinajstić information content (AvgIpc) is 2.45. The third kappa shape index (κ3) is 1.61. The second-order valence-electron chi connectivity index (χ2n) is 4.56. The van der Waals surface area contributed by atoms with Crippen molar-refractivity contribution in [3.63, 3.8) is 0 Å². The topological polar surface area (TPSA) is 27.1 Å². The summed E-state index contributed by atoms with van der Waals surface area (Å²) >= 11 is 0. The predicted octanol–water partition coefficient (Wildman–Crippen LogP) is 1.71. The van der Waals surface area contributed by atoms with Gasteiger partial charge in [0.25, 0.3) is 0 Å². The lowest BCUT2D eigenvalue weighted by Gasteiger charge is -2.14. The fourth-order valence-electron chi connectivity index (χ4n) is 1.46. The molecule has 1 aliphatic heterocycles. The summed E-state index contributed by atoms with van der Waals surface area (Å²) < 4.78 is 7.28. The van der Waals surface area contributed by atoms with Crippen LogP contribution in [-0.2, 0) is 23.3 Å². The number of ether oxygens (including phenoxy) is 1. The number of hydrogen-bond donors (Lipinski definition) is 0. The molecule has 1 aromatic heterocycles. The van der Waals surface area contributed by atoms with Crippen molar-refractivity contribution in [2.45, 2.75) is 39.3 Å². The van der Waals surface area contributed by atoms with Gasteiger partial charge in [0.2, 0.25) is 0 Å². The Kier molecular flexibility index (Phi) is 1.91. The fourth-order valence-corrected chi connectivity index (χ4v) is 1.46. The third-order valence-corrected chi connectivity index (χ3v) is 2.35. The highest BCUT2D eigenvalue weighted by Gasteiger charge is 2.20. The van der Waals surface area contributed by atoms with Crippen LogP contribution >= 0.6 is 0 Å². The molecule has 0 aliphatic carbocycles. The van der Waals surface area contributed by atoms with Gasteiger partial charge in [-0.25, -0.2) is 4.68 Å². The van der Waals surface area contributed by atoms with Gasteiger partial charge in [-0.3, -0.25) is 0 Å². The minimum Gasteiger partial charge on any atom is -0.359 e. The van der Waals surface area contributed by atoms with Crippen molar-refractivity contribution in [1.82, 2.24) is 9.78 Å². The van der Waals surface area contributed by atoms with Crippen molar-refractivity contribution in [2.75, 3.05) is 6.61 Å². The summed E-state index contributed by atoms with van der Waals surface area (Å²) in [7, 11) is 0. The van der Waals surface area contributed by atoms with Crippen LogP contribution in [0, 0.1) is 0 Å². The van der Waals surface area contributed by atoms with E-state index >= 15 is 0 Å². The molecular weight excluding hydrogens is 164 g/mol. The van der Waals surface area contributed by atoms with Crippen LogP contribution in [0.5, 0.6) is 0 Å². The molecule has 3 heteroatoms. The third-order valence-electron chi connectivity index (χ3n) is 2.35. The minimum absolute atomic E-state index is 0.143. The highest BCUT2D eigenvalue weighted by Crippen LogP contribution is 2.22. The van der Waals surface area contributed by atoms with E-state index in [1.165, 1.54) is 5.69 Å². The number of aromatic nitrogens is 2. The molecule has 0 fully saturated rings. The summed E-state index contributed by atoms with van der Waals surface area (Å²) in [5.74, 6) is 0. The van der Waals surface area contributed by atoms with Gasteiger partial charge >= 0.3 is 0 Å². The number of fused-ring (bicyclic) bond motifs is 1. The van der Waals surface area contributed by atoms with E-state index in [9.17, 15) is 0 Å². The van der Waals surface area contributed by atoms with Crippen molar-refractivity contribution in [3.8, 4) is 0 Å². The Morgan fingerprint density at radius 3 is 2.85 bits per heavy atom. The Balaban J connectivity index is 2.36. The van der Waals surface area contributed by atoms with E-state index in [1.54, 1.807) is 0 Å². The molecular formula is C10H16N2O. The molecule has 0 bridgehead atoms. The molecule has 0 unspecified atom stereocenters. The second kappa shape index (κ2) is 2.84. The van der Waals surface area contributed by atoms with Gasteiger partial charge in [-0.15, -0.1) is 0 Å². The van der Waals surface area contributed by atoms with Crippen LogP contribution in [0.15, 0.2) is 6.07 Å². The van der Waals surface area contributed by atoms with E-state index < -0.39 is 0 Å². The lowest BCUT2D eigenvalue weighted by atomic mass is 9.92. The van der Waals surface area contributed by atoms with E-state index in [0.29, 0.717) is 6.73 Å². The minimum atomic E-state index is 0.143. The first-order valence-electron chi connectivity index (χ1n) is 4.72. The Bertz CT molecular complexity index is 286. The van der Waals surface area contributed by atoms with Gasteiger partial charge in [0.05, 0.1) is 12.3 Å². The molecule has 0 N–H and O–H groups in total. The van der Waals surface area contributed by atoms with Crippen molar-refractivity contribution in [1.29, 1.82) is 0 Å². The van der Waals surface area contributed by atoms with Gasteiger partial charge in [0, 0.05) is 17.5 Å². The molecule has 0 atom stereocenters. The zero-order valence-corrected chi connectivity index (χ0v) is 8.50. The Hall–Kier alpha value is -0.830. The molecule has 0 aromatic carbocycles. The first kappa shape index (κ1) is 8.75. The van der Waals surface area contributed by atoms with E-state index in [4.69, 9.17) is 4.74 Å². The molecule has 1 aromatic rings. The van der Waals surface area contributed by atoms with Gasteiger partial charge in [-0.05, 0) is 6.07 Å². The number of hydrogen-bond acceptors (Lipinski definition) is 2. The summed E-state index contributed by atoms with van der Waals surface area (Å²) in [4.78, 5) is 0. The summed E-state index contributed by atoms with van der Waals surface area (Å²) in [6.45, 7) is 7.99. The zero-order chi connectivity index (χ0) is 9.47. The molecule has 1 aliphatic rings. The molecule has 72 valence electrons. The highest BCUT2D eigenvalue weighted by atomic mass is 16.5. The van der Waals surface area contributed by atoms with Crippen LogP contribution in [0.25, 0.3) is 0 Å². The largest absolute Gasteiger partial charge is 0.359 e. The van der Waals surface area contributed by atoms with Crippen LogP contribution in [0.4, 0.5) is 0 Å². The highest BCUT2D eigenvalue weighted by molar-refractivity contribution is 5.18. The van der Waals surface area contributed by atoms with Gasteiger partial charge in [-0.1, -0.05) is 20.8 Å². The number of nitrogens with zero attached hydrogens (tertiary/aromatic N) is 2. The van der Waals surface area contributed by atoms with E-state index in [1.807, 2.05) is 4.68 Å². The van der Waals surface area contributed by atoms with Crippen LogP contribution in [0.1, 0.15) is 32.2 Å². The normalized spacial score (nSPS) is 17.2. The molecule has 2 heterocycles. The first-order chi connectivity index (χ1) is 6.07. The predicted molar refractivity (Wildman–Crippen MR) is 50.6 cm³/mol. The molecule has 13 heavy (non-hydrogen) atoms. The molecule has 0 spiro atoms. The van der Waals surface area contributed by atoms with E-state index in [0.717, 1.165) is 18.7 Å². The van der Waals surface area contributed by atoms with Crippen LogP contribution in [0.2, 0.25) is 0 Å². The maximum atomic E-state index is 5.32. The number of rotatable bonds is 0. The van der Waals surface area contributed by atoms with Gasteiger partial charge in [0.15, 0.2) is 0 Å². The molecule has 2 rings (SSSR count). The SMILES string of the molecule is CC(C)(C)c1cc2n(n1)COCC2. The van der Waals surface area contributed by atoms with E-state index in [2.05, 4.69) is 31.9 Å². The first-order valence-corrected chi connectivity index (χ1v) is 4.72. The van der Waals surface area contributed by atoms with Gasteiger partial charge in [-0.2, -0.15) is 5.10 Å². The summed E-state index contributed by atoms with van der Waals surface area (Å²) in [6, 6.07) is 2.20. The Morgan fingerprint density at radius 2 is 2.23 bits per heavy atom. The van der Waals surface area contributed by atoms with Gasteiger partial charge < -0.3 is 4.74 Å². The standard InChI is InChI=1S/C10H16N2O/c1-10(2,3)9-6-8-4-5-13-7-12(8)11-9/h6H,4-5,7H2,1-3H3. The van der Waals surface area contributed by atoms with Crippen LogP contribution < -0.4 is 0 Å². The smallest absolute Gasteiger partial charge is 0.139 e. The lowest BCUT2D eigenvalue weighted by Crippen LogP contribution is -2.17. The zero-order valence-electron chi connectivity index (χ0n) is 8.50. The van der Waals surface area contributed by atoms with E-state index in [-0.39, 0.29) is 5.41 Å². The molecule has 0 saturated heterocycles. The Morgan fingerprint density at radius 1 is 1.46 bits per heavy atom. The van der Waals surface area contributed by atoms with Crippen molar-refractivity contribution >= 4 is 0 Å². The fraction of sp³-hybridized carbons (Fsp3) is 0.700. The maximum Gasteiger partial charge on any atom is 0.139 e. The monoisotopic (exact) mass is 180 g/mol. The lowest BCUT2D eigenvalue weighted by molar-refractivity contribution is 0.0475. The second-order valence-corrected chi connectivity index (χ2v) is 4.56. The van der Waals surface area contributed by atoms with Crippen molar-refractivity contribution < 1.29 is 4.74 Å². The summed E-state index contributed by atoms with van der Waals surface area (Å²) in [5, 5.41) is 4.51. The van der Waals surface area contributed by atoms with Crippen molar-refractivity contribution in [3.05, 3.63) is 17.5 Å². The summed E-state index contributed by atoms with van der Waals surface area (Å²) in [6.07, 6.45) is 0.989.